The Morgan fingerprint density at radius 3 is 2.83 bits per heavy atom. The van der Waals surface area contributed by atoms with Crippen LogP contribution in [0.15, 0.2) is 10.5 Å². The van der Waals surface area contributed by atoms with Crippen LogP contribution in [0.3, 0.4) is 0 Å². The van der Waals surface area contributed by atoms with Crippen molar-refractivity contribution in [2.75, 3.05) is 20.2 Å². The molecule has 1 aromatic rings. The van der Waals surface area contributed by atoms with Crippen molar-refractivity contribution < 1.29 is 19.1 Å². The summed E-state index contributed by atoms with van der Waals surface area (Å²) < 4.78 is 10.2. The number of β-amino-alcohol motifs (C(OH)–C–C–N with tert-alkyl or cyclic N) is 1. The van der Waals surface area contributed by atoms with E-state index in [2.05, 4.69) is 9.64 Å². The molecule has 1 N–H and O–H groups in total. The number of rotatable bonds is 4. The van der Waals surface area contributed by atoms with Crippen LogP contribution in [0.5, 0.6) is 0 Å². The van der Waals surface area contributed by atoms with Gasteiger partial charge in [-0.25, -0.2) is 4.79 Å². The number of carbonyl (C=O) groups excluding carboxylic acids is 1. The molecular weight excluding hydrogens is 234 g/mol. The predicted molar refractivity (Wildman–Crippen MR) is 65.3 cm³/mol. The Kier molecular flexibility index (Phi) is 3.45. The smallest absolute Gasteiger partial charge is 0.341 e. The van der Waals surface area contributed by atoms with Crippen molar-refractivity contribution in [3.05, 3.63) is 23.2 Å². The minimum atomic E-state index is -0.549. The average molecular weight is 253 g/mol. The van der Waals surface area contributed by atoms with E-state index in [1.54, 1.807) is 13.0 Å². The zero-order chi connectivity index (χ0) is 13.3. The highest BCUT2D eigenvalue weighted by molar-refractivity contribution is 5.90. The second-order valence-corrected chi connectivity index (χ2v) is 4.90. The van der Waals surface area contributed by atoms with Gasteiger partial charge in [0.2, 0.25) is 0 Å². The summed E-state index contributed by atoms with van der Waals surface area (Å²) in [6, 6.07) is 1.71. The zero-order valence-electron chi connectivity index (χ0n) is 11.0. The Balaban J connectivity index is 1.98. The highest BCUT2D eigenvalue weighted by Crippen LogP contribution is 2.27. The number of methoxy groups -OCH3 is 1. The Morgan fingerprint density at radius 2 is 2.28 bits per heavy atom. The van der Waals surface area contributed by atoms with Gasteiger partial charge < -0.3 is 14.3 Å². The van der Waals surface area contributed by atoms with Crippen molar-refractivity contribution in [3.8, 4) is 0 Å². The number of hydrogen-bond donors (Lipinski definition) is 1. The van der Waals surface area contributed by atoms with E-state index >= 15 is 0 Å². The highest BCUT2D eigenvalue weighted by atomic mass is 16.5. The molecule has 2 rings (SSSR count). The topological polar surface area (TPSA) is 62.9 Å². The van der Waals surface area contributed by atoms with Gasteiger partial charge in [0.25, 0.3) is 0 Å². The van der Waals surface area contributed by atoms with Crippen LogP contribution >= 0.6 is 0 Å². The Labute approximate surface area is 106 Å². The molecule has 0 amide bonds. The Hall–Kier alpha value is -1.33. The monoisotopic (exact) mass is 253 g/mol. The van der Waals surface area contributed by atoms with Gasteiger partial charge in [-0.15, -0.1) is 0 Å². The van der Waals surface area contributed by atoms with Crippen LogP contribution in [-0.4, -0.2) is 41.8 Å². The summed E-state index contributed by atoms with van der Waals surface area (Å²) in [5.74, 6) is 0.922. The third-order valence-electron chi connectivity index (χ3n) is 3.45. The molecule has 0 unspecified atom stereocenters. The van der Waals surface area contributed by atoms with E-state index in [1.165, 1.54) is 7.11 Å². The minimum absolute atomic E-state index is 0.379. The lowest BCUT2D eigenvalue weighted by Gasteiger charge is -2.45. The standard InChI is InChI=1S/C13H19NO4/c1-4-13(16)7-14(8-13)6-10-5-11(9(2)18-10)12(15)17-3/h5,16H,4,6-8H2,1-3H3. The SMILES string of the molecule is CCC1(O)CN(Cc2cc(C(=O)OC)c(C)o2)C1. The van der Waals surface area contributed by atoms with Gasteiger partial charge in [0.1, 0.15) is 17.1 Å². The zero-order valence-corrected chi connectivity index (χ0v) is 11.0. The normalized spacial score (nSPS) is 18.4. The van der Waals surface area contributed by atoms with Crippen molar-refractivity contribution in [1.82, 2.24) is 4.90 Å². The molecule has 1 fully saturated rings. The molecule has 2 heterocycles. The number of nitrogens with zero attached hydrogens (tertiary/aromatic N) is 1. The van der Waals surface area contributed by atoms with Crippen LogP contribution in [0.2, 0.25) is 0 Å². The van der Waals surface area contributed by atoms with E-state index in [-0.39, 0.29) is 5.97 Å². The van der Waals surface area contributed by atoms with Gasteiger partial charge in [0, 0.05) is 13.1 Å². The fourth-order valence-electron chi connectivity index (χ4n) is 2.28. The quantitative estimate of drug-likeness (QED) is 0.820. The number of furan rings is 1. The molecule has 0 radical (unpaired) electrons. The first-order valence-electron chi connectivity index (χ1n) is 6.10. The lowest BCUT2D eigenvalue weighted by Crippen LogP contribution is -2.60. The number of aryl methyl sites for hydroxylation is 1. The molecular formula is C13H19NO4. The van der Waals surface area contributed by atoms with E-state index in [1.807, 2.05) is 6.92 Å². The van der Waals surface area contributed by atoms with E-state index in [0.29, 0.717) is 31.0 Å². The second-order valence-electron chi connectivity index (χ2n) is 4.90. The van der Waals surface area contributed by atoms with E-state index in [0.717, 1.165) is 12.2 Å². The molecule has 0 spiro atoms. The average Bonchev–Trinajstić information content (AvgIpc) is 2.67. The fraction of sp³-hybridized carbons (Fsp3) is 0.615. The van der Waals surface area contributed by atoms with Crippen molar-refractivity contribution in [3.63, 3.8) is 0 Å². The molecule has 5 nitrogen and oxygen atoms in total. The van der Waals surface area contributed by atoms with E-state index < -0.39 is 5.60 Å². The maximum atomic E-state index is 11.4. The van der Waals surface area contributed by atoms with Gasteiger partial charge in [-0.05, 0) is 19.4 Å². The molecule has 0 bridgehead atoms. The van der Waals surface area contributed by atoms with Crippen LogP contribution in [0.25, 0.3) is 0 Å². The summed E-state index contributed by atoms with van der Waals surface area (Å²) >= 11 is 0. The number of carbonyl (C=O) groups is 1. The second kappa shape index (κ2) is 4.74. The van der Waals surface area contributed by atoms with Crippen LogP contribution in [0.4, 0.5) is 0 Å². The third kappa shape index (κ3) is 2.42. The van der Waals surface area contributed by atoms with Gasteiger partial charge in [0.05, 0.1) is 19.3 Å². The van der Waals surface area contributed by atoms with Crippen LogP contribution in [-0.2, 0) is 11.3 Å². The summed E-state index contributed by atoms with van der Waals surface area (Å²) in [6.45, 7) is 5.63. The maximum absolute atomic E-state index is 11.4. The van der Waals surface area contributed by atoms with Crippen LogP contribution in [0.1, 0.15) is 35.2 Å². The summed E-state index contributed by atoms with van der Waals surface area (Å²) in [4.78, 5) is 13.5. The summed E-state index contributed by atoms with van der Waals surface area (Å²) in [5.41, 5.74) is -0.0777. The molecule has 0 atom stereocenters. The number of hydrogen-bond acceptors (Lipinski definition) is 5. The molecule has 0 aliphatic carbocycles. The van der Waals surface area contributed by atoms with Gasteiger partial charge >= 0.3 is 5.97 Å². The molecule has 0 aromatic carbocycles. The lowest BCUT2D eigenvalue weighted by atomic mass is 9.91. The molecule has 5 heteroatoms. The van der Waals surface area contributed by atoms with Gasteiger partial charge in [0.15, 0.2) is 0 Å². The van der Waals surface area contributed by atoms with Crippen molar-refractivity contribution in [2.24, 2.45) is 0 Å². The molecule has 18 heavy (non-hydrogen) atoms. The van der Waals surface area contributed by atoms with Crippen molar-refractivity contribution in [2.45, 2.75) is 32.4 Å². The summed E-state index contributed by atoms with van der Waals surface area (Å²) in [5, 5.41) is 9.91. The first-order chi connectivity index (χ1) is 8.47. The fourth-order valence-corrected chi connectivity index (χ4v) is 2.28. The first-order valence-corrected chi connectivity index (χ1v) is 6.10. The molecule has 0 saturated carbocycles. The molecule has 1 aliphatic heterocycles. The van der Waals surface area contributed by atoms with Gasteiger partial charge in [-0.2, -0.15) is 0 Å². The van der Waals surface area contributed by atoms with Gasteiger partial charge in [-0.1, -0.05) is 6.92 Å². The van der Waals surface area contributed by atoms with E-state index in [4.69, 9.17) is 4.42 Å². The van der Waals surface area contributed by atoms with Crippen LogP contribution < -0.4 is 0 Å². The Bertz CT molecular complexity index is 446. The number of esters is 1. The summed E-state index contributed by atoms with van der Waals surface area (Å²) in [6.07, 6.45) is 0.758. The number of likely N-dealkylation sites (tertiary alicyclic amines) is 1. The molecule has 1 aromatic heterocycles. The predicted octanol–water partition coefficient (Wildman–Crippen LogP) is 1.33. The minimum Gasteiger partial charge on any atom is -0.465 e. The van der Waals surface area contributed by atoms with Crippen molar-refractivity contribution in [1.29, 1.82) is 0 Å². The Morgan fingerprint density at radius 1 is 1.61 bits per heavy atom. The van der Waals surface area contributed by atoms with Crippen molar-refractivity contribution >= 4 is 5.97 Å². The summed E-state index contributed by atoms with van der Waals surface area (Å²) in [7, 11) is 1.35. The van der Waals surface area contributed by atoms with Gasteiger partial charge in [-0.3, -0.25) is 4.90 Å². The first kappa shape index (κ1) is 13.1. The van der Waals surface area contributed by atoms with Crippen LogP contribution in [0, 0.1) is 6.92 Å². The maximum Gasteiger partial charge on any atom is 0.341 e. The highest BCUT2D eigenvalue weighted by Gasteiger charge is 2.39. The lowest BCUT2D eigenvalue weighted by molar-refractivity contribution is -0.105. The molecule has 1 saturated heterocycles. The van der Waals surface area contributed by atoms with E-state index in [9.17, 15) is 9.90 Å². The molecule has 100 valence electrons. The number of aliphatic hydroxyl groups is 1. The largest absolute Gasteiger partial charge is 0.465 e. The number of ether oxygens (including phenoxy) is 1. The molecule has 1 aliphatic rings. The third-order valence-corrected chi connectivity index (χ3v) is 3.45.